The molecule has 8 heteroatoms. The topological polar surface area (TPSA) is 105 Å². The van der Waals surface area contributed by atoms with Gasteiger partial charge in [-0.3, -0.25) is 30.2 Å². The second kappa shape index (κ2) is 11.7. The van der Waals surface area contributed by atoms with Crippen LogP contribution in [0, 0.1) is 28.1 Å². The maximum absolute atomic E-state index is 15.0. The number of Topliss-reactive ketones (excluding diaryl/α,β-unsaturated/α-hetero) is 2. The van der Waals surface area contributed by atoms with Gasteiger partial charge in [-0.1, -0.05) is 121 Å². The number of urea groups is 1. The average molecular weight is 601 g/mol. The number of amidine groups is 2. The van der Waals surface area contributed by atoms with Crippen LogP contribution in [0.3, 0.4) is 0 Å². The summed E-state index contributed by atoms with van der Waals surface area (Å²) in [5.41, 5.74) is 0.750. The highest BCUT2D eigenvalue weighted by Crippen LogP contribution is 2.66. The molecule has 220 valence electrons. The number of amides is 2. The van der Waals surface area contributed by atoms with E-state index in [1.807, 2.05) is 72.8 Å². The van der Waals surface area contributed by atoms with Gasteiger partial charge in [0.1, 0.15) is 17.1 Å². The Labute approximate surface area is 260 Å². The van der Waals surface area contributed by atoms with E-state index in [2.05, 4.69) is 0 Å². The standard InChI is InChI=1S/C36H32N4O3S/c1-39-33(37)36(34(38)40(2)35(39)43)27(29(41)23-15-7-3-8-16-23)31(25-19-11-5-12-20-25)44-32(26-21-13-6-14-22-26)28(36)30(42)24-17-9-4-10-18-24/h3-22,27-28,31-32,37-38H,1-2H3. The van der Waals surface area contributed by atoms with Gasteiger partial charge in [-0.25, -0.2) is 4.79 Å². The molecule has 2 aliphatic heterocycles. The van der Waals surface area contributed by atoms with Crippen LogP contribution in [0.5, 0.6) is 0 Å². The van der Waals surface area contributed by atoms with Crippen LogP contribution in [-0.2, 0) is 0 Å². The van der Waals surface area contributed by atoms with Gasteiger partial charge >= 0.3 is 6.03 Å². The second-order valence-electron chi connectivity index (χ2n) is 11.2. The van der Waals surface area contributed by atoms with E-state index in [4.69, 9.17) is 0 Å². The highest BCUT2D eigenvalue weighted by molar-refractivity contribution is 7.99. The molecule has 7 nitrogen and oxygen atoms in total. The maximum Gasteiger partial charge on any atom is 0.330 e. The molecule has 4 unspecified atom stereocenters. The third-order valence-corrected chi connectivity index (χ3v) is 10.5. The van der Waals surface area contributed by atoms with Crippen molar-refractivity contribution in [3.05, 3.63) is 144 Å². The summed E-state index contributed by atoms with van der Waals surface area (Å²) in [5, 5.41) is 18.3. The highest BCUT2D eigenvalue weighted by atomic mass is 32.2. The molecular weight excluding hydrogens is 568 g/mol. The molecule has 2 fully saturated rings. The van der Waals surface area contributed by atoms with Gasteiger partial charge in [-0.2, -0.15) is 0 Å². The van der Waals surface area contributed by atoms with Gasteiger partial charge < -0.3 is 0 Å². The Balaban J connectivity index is 1.72. The Morgan fingerprint density at radius 2 is 0.909 bits per heavy atom. The van der Waals surface area contributed by atoms with E-state index in [-0.39, 0.29) is 23.2 Å². The Kier molecular flexibility index (Phi) is 7.78. The predicted molar refractivity (Wildman–Crippen MR) is 173 cm³/mol. The van der Waals surface area contributed by atoms with E-state index in [0.717, 1.165) is 11.1 Å². The quantitative estimate of drug-likeness (QED) is 0.229. The molecule has 2 N–H and O–H groups in total. The van der Waals surface area contributed by atoms with Crippen LogP contribution in [-0.4, -0.2) is 53.2 Å². The number of carbonyl (C=O) groups is 3. The van der Waals surface area contributed by atoms with Crippen LogP contribution in [0.15, 0.2) is 121 Å². The first-order valence-electron chi connectivity index (χ1n) is 14.4. The fraction of sp³-hybridized carbons (Fsp3) is 0.194. The van der Waals surface area contributed by atoms with Gasteiger partial charge in [0.2, 0.25) is 0 Å². The van der Waals surface area contributed by atoms with Crippen LogP contribution in [0.4, 0.5) is 4.79 Å². The molecule has 4 aromatic rings. The fourth-order valence-electron chi connectivity index (χ4n) is 6.74. The lowest BCUT2D eigenvalue weighted by molar-refractivity contribution is 0.0671. The van der Waals surface area contributed by atoms with Crippen LogP contribution >= 0.6 is 11.8 Å². The lowest BCUT2D eigenvalue weighted by Crippen LogP contribution is -2.71. The molecule has 2 heterocycles. The third kappa shape index (κ3) is 4.57. The summed E-state index contributed by atoms with van der Waals surface area (Å²) < 4.78 is 0. The first kappa shape index (κ1) is 29.3. The third-order valence-electron chi connectivity index (χ3n) is 8.85. The molecular formula is C36H32N4O3S. The summed E-state index contributed by atoms with van der Waals surface area (Å²) in [5.74, 6) is -3.14. The monoisotopic (exact) mass is 600 g/mol. The first-order valence-corrected chi connectivity index (χ1v) is 15.4. The van der Waals surface area contributed by atoms with Crippen LogP contribution in [0.25, 0.3) is 0 Å². The smallest absolute Gasteiger partial charge is 0.294 e. The SMILES string of the molecule is CN1C(=N)C2(C(=N)N(C)C1=O)C(C(=O)c1ccccc1)C(c1ccccc1)SC(c1ccccc1)C2C(=O)c1ccccc1. The Morgan fingerprint density at radius 3 is 1.25 bits per heavy atom. The van der Waals surface area contributed by atoms with Gasteiger partial charge in [-0.05, 0) is 11.1 Å². The van der Waals surface area contributed by atoms with Crippen molar-refractivity contribution in [2.75, 3.05) is 14.1 Å². The van der Waals surface area contributed by atoms with Crippen molar-refractivity contribution in [3.8, 4) is 0 Å². The zero-order valence-corrected chi connectivity index (χ0v) is 25.2. The number of ketones is 2. The van der Waals surface area contributed by atoms with E-state index in [1.165, 1.54) is 35.7 Å². The number of benzene rings is 4. The van der Waals surface area contributed by atoms with Crippen molar-refractivity contribution >= 4 is 41.0 Å². The van der Waals surface area contributed by atoms with Crippen LogP contribution in [0.2, 0.25) is 0 Å². The van der Waals surface area contributed by atoms with Gasteiger partial charge in [-0.15, -0.1) is 11.8 Å². The summed E-state index contributed by atoms with van der Waals surface area (Å²) in [4.78, 5) is 45.6. The van der Waals surface area contributed by atoms with Gasteiger partial charge in [0.15, 0.2) is 11.6 Å². The number of hydrogen-bond acceptors (Lipinski definition) is 6. The molecule has 0 radical (unpaired) electrons. The largest absolute Gasteiger partial charge is 0.330 e. The molecule has 1 spiro atoms. The predicted octanol–water partition coefficient (Wildman–Crippen LogP) is 7.15. The van der Waals surface area contributed by atoms with E-state index >= 15 is 0 Å². The van der Waals surface area contributed by atoms with E-state index in [0.29, 0.717) is 11.1 Å². The minimum Gasteiger partial charge on any atom is -0.294 e. The summed E-state index contributed by atoms with van der Waals surface area (Å²) in [7, 11) is 2.97. The summed E-state index contributed by atoms with van der Waals surface area (Å²) >= 11 is 1.52. The molecule has 0 bridgehead atoms. The maximum atomic E-state index is 15.0. The fourth-order valence-corrected chi connectivity index (χ4v) is 8.67. The lowest BCUT2D eigenvalue weighted by Gasteiger charge is -2.58. The van der Waals surface area contributed by atoms with Crippen LogP contribution in [0.1, 0.15) is 42.3 Å². The summed E-state index contributed by atoms with van der Waals surface area (Å²) in [6.07, 6.45) is 0. The van der Waals surface area contributed by atoms with E-state index in [9.17, 15) is 25.2 Å². The van der Waals surface area contributed by atoms with Gasteiger partial charge in [0.05, 0.1) is 11.8 Å². The van der Waals surface area contributed by atoms with E-state index < -0.39 is 33.8 Å². The van der Waals surface area contributed by atoms with Crippen molar-refractivity contribution < 1.29 is 14.4 Å². The minimum absolute atomic E-state index is 0.226. The summed E-state index contributed by atoms with van der Waals surface area (Å²) in [6.45, 7) is 0. The zero-order chi connectivity index (χ0) is 31.0. The van der Waals surface area contributed by atoms with Crippen molar-refractivity contribution in [3.63, 3.8) is 0 Å². The molecule has 0 aliphatic carbocycles. The van der Waals surface area contributed by atoms with Crippen molar-refractivity contribution in [2.45, 2.75) is 10.5 Å². The number of nitrogens with one attached hydrogen (secondary N) is 2. The molecule has 2 amide bonds. The molecule has 0 saturated carbocycles. The Bertz CT molecular complexity index is 1600. The number of thioether (sulfide) groups is 1. The molecule has 0 aromatic heterocycles. The number of carbonyl (C=O) groups excluding carboxylic acids is 3. The number of nitrogens with zero attached hydrogens (tertiary/aromatic N) is 2. The average Bonchev–Trinajstić information content (AvgIpc) is 3.09. The minimum atomic E-state index is -1.79. The Morgan fingerprint density at radius 1 is 0.591 bits per heavy atom. The van der Waals surface area contributed by atoms with Crippen molar-refractivity contribution in [1.29, 1.82) is 10.8 Å². The molecule has 2 aliphatic rings. The van der Waals surface area contributed by atoms with Gasteiger partial charge in [0, 0.05) is 35.7 Å². The molecule has 4 aromatic carbocycles. The molecule has 6 rings (SSSR count). The summed E-state index contributed by atoms with van der Waals surface area (Å²) in [6, 6.07) is 36.4. The number of hydrogen-bond donors (Lipinski definition) is 2. The molecule has 2 saturated heterocycles. The second-order valence-corrected chi connectivity index (χ2v) is 12.5. The van der Waals surface area contributed by atoms with Crippen LogP contribution < -0.4 is 0 Å². The van der Waals surface area contributed by atoms with Crippen molar-refractivity contribution in [1.82, 2.24) is 9.80 Å². The normalized spacial score (nSPS) is 25.3. The molecule has 4 atom stereocenters. The van der Waals surface area contributed by atoms with Crippen molar-refractivity contribution in [2.24, 2.45) is 17.3 Å². The number of rotatable bonds is 6. The van der Waals surface area contributed by atoms with E-state index in [1.54, 1.807) is 48.5 Å². The zero-order valence-electron chi connectivity index (χ0n) is 24.4. The Hall–Kier alpha value is -4.82. The first-order chi connectivity index (χ1) is 21.3. The highest BCUT2D eigenvalue weighted by Gasteiger charge is 2.69. The molecule has 44 heavy (non-hydrogen) atoms. The van der Waals surface area contributed by atoms with Gasteiger partial charge in [0.25, 0.3) is 0 Å². The lowest BCUT2D eigenvalue weighted by atomic mass is 9.56.